The monoisotopic (exact) mass is 311 g/mol. The molecule has 0 aromatic heterocycles. The summed E-state index contributed by atoms with van der Waals surface area (Å²) in [6, 6.07) is 0. The lowest BCUT2D eigenvalue weighted by Gasteiger charge is -2.33. The average Bonchev–Trinajstić information content (AvgIpc) is 3.35. The molecule has 124 valence electrons. The minimum Gasteiger partial charge on any atom is -0.481 e. The summed E-state index contributed by atoms with van der Waals surface area (Å²) in [5, 5.41) is 8.90. The van der Waals surface area contributed by atoms with Crippen molar-refractivity contribution in [2.45, 2.75) is 50.7 Å². The summed E-state index contributed by atoms with van der Waals surface area (Å²) in [5.41, 5.74) is 0. The molecule has 6 nitrogen and oxygen atoms in total. The Bertz CT molecular complexity index is 413. The number of hydrogen-bond acceptors (Lipinski definition) is 4. The van der Waals surface area contributed by atoms with E-state index in [9.17, 15) is 9.59 Å². The first-order chi connectivity index (χ1) is 10.6. The Labute approximate surface area is 130 Å². The van der Waals surface area contributed by atoms with E-state index in [0.29, 0.717) is 26.1 Å². The summed E-state index contributed by atoms with van der Waals surface area (Å²) in [5.74, 6) is -1.57. The third-order valence-corrected chi connectivity index (χ3v) is 4.97. The quantitative estimate of drug-likeness (QED) is 0.828. The predicted molar refractivity (Wildman–Crippen MR) is 78.4 cm³/mol. The first-order valence-electron chi connectivity index (χ1n) is 8.40. The minimum absolute atomic E-state index is 0.0152. The topological polar surface area (TPSA) is 76.1 Å². The van der Waals surface area contributed by atoms with Crippen molar-refractivity contribution in [3.05, 3.63) is 0 Å². The zero-order valence-corrected chi connectivity index (χ0v) is 12.9. The molecule has 3 unspecified atom stereocenters. The van der Waals surface area contributed by atoms with E-state index in [4.69, 9.17) is 14.6 Å². The number of nitrogens with zero attached hydrogens (tertiary/aromatic N) is 1. The van der Waals surface area contributed by atoms with Gasteiger partial charge in [-0.05, 0) is 38.5 Å². The van der Waals surface area contributed by atoms with E-state index >= 15 is 0 Å². The maximum atomic E-state index is 12.2. The lowest BCUT2D eigenvalue weighted by Crippen LogP contribution is -2.42. The van der Waals surface area contributed by atoms with Crippen molar-refractivity contribution in [3.8, 4) is 0 Å². The fraction of sp³-hybridized carbons (Fsp3) is 0.875. The van der Waals surface area contributed by atoms with Crippen molar-refractivity contribution < 1.29 is 24.2 Å². The van der Waals surface area contributed by atoms with Crippen LogP contribution in [0.1, 0.15) is 38.5 Å². The number of carbonyl (C=O) groups is 2. The molecule has 2 heterocycles. The molecule has 2 saturated heterocycles. The van der Waals surface area contributed by atoms with Gasteiger partial charge in [0.15, 0.2) is 0 Å². The minimum atomic E-state index is -0.843. The van der Waals surface area contributed by atoms with Gasteiger partial charge in [-0.1, -0.05) is 0 Å². The van der Waals surface area contributed by atoms with Crippen LogP contribution in [0.4, 0.5) is 0 Å². The van der Waals surface area contributed by atoms with E-state index in [2.05, 4.69) is 0 Å². The Morgan fingerprint density at radius 3 is 2.50 bits per heavy atom. The van der Waals surface area contributed by atoms with Crippen LogP contribution in [0.3, 0.4) is 0 Å². The number of rotatable bonds is 5. The molecule has 22 heavy (non-hydrogen) atoms. The number of ether oxygens (including phenoxy) is 2. The third kappa shape index (κ3) is 3.79. The van der Waals surface area contributed by atoms with Crippen LogP contribution < -0.4 is 0 Å². The van der Waals surface area contributed by atoms with Gasteiger partial charge in [-0.25, -0.2) is 0 Å². The fourth-order valence-electron chi connectivity index (χ4n) is 3.40. The zero-order chi connectivity index (χ0) is 15.5. The van der Waals surface area contributed by atoms with E-state index in [1.165, 1.54) is 6.42 Å². The van der Waals surface area contributed by atoms with Crippen LogP contribution >= 0.6 is 0 Å². The molecule has 1 amide bonds. The molecule has 3 aliphatic rings. The number of amides is 1. The number of piperidine rings is 1. The molecule has 2 aliphatic heterocycles. The van der Waals surface area contributed by atoms with Gasteiger partial charge in [-0.3, -0.25) is 9.59 Å². The summed E-state index contributed by atoms with van der Waals surface area (Å²) in [4.78, 5) is 24.8. The van der Waals surface area contributed by atoms with Gasteiger partial charge in [0.2, 0.25) is 5.91 Å². The second-order valence-corrected chi connectivity index (χ2v) is 6.63. The molecule has 6 heteroatoms. The number of hydrogen-bond donors (Lipinski definition) is 1. The highest BCUT2D eigenvalue weighted by Gasteiger charge is 2.50. The number of carboxylic acids is 1. The molecule has 1 aliphatic carbocycles. The van der Waals surface area contributed by atoms with Gasteiger partial charge in [0.1, 0.15) is 0 Å². The number of likely N-dealkylation sites (tertiary alicyclic amines) is 1. The molecule has 3 atom stereocenters. The van der Waals surface area contributed by atoms with Crippen LogP contribution in [0.25, 0.3) is 0 Å². The molecule has 0 aromatic carbocycles. The highest BCUT2D eigenvalue weighted by atomic mass is 16.5. The van der Waals surface area contributed by atoms with Gasteiger partial charge in [-0.15, -0.1) is 0 Å². The molecule has 0 aromatic rings. The molecule has 1 N–H and O–H groups in total. The van der Waals surface area contributed by atoms with E-state index < -0.39 is 11.9 Å². The highest BCUT2D eigenvalue weighted by Crippen LogP contribution is 2.40. The Balaban J connectivity index is 1.35. The number of aliphatic carboxylic acids is 1. The van der Waals surface area contributed by atoms with Gasteiger partial charge in [-0.2, -0.15) is 0 Å². The molecule has 3 fully saturated rings. The summed E-state index contributed by atoms with van der Waals surface area (Å²) in [7, 11) is 0. The molecule has 0 spiro atoms. The van der Waals surface area contributed by atoms with E-state index in [-0.39, 0.29) is 24.0 Å². The Kier molecular flexibility index (Phi) is 4.98. The largest absolute Gasteiger partial charge is 0.481 e. The standard InChI is InChI=1S/C16H25NO5/c18-15(13-9-14(13)16(19)20)17-6-4-11(5-7-17)22-10-12-3-1-2-8-21-12/h11-14H,1-10H2,(H,19,20). The smallest absolute Gasteiger partial charge is 0.307 e. The van der Waals surface area contributed by atoms with Crippen LogP contribution in [0.2, 0.25) is 0 Å². The third-order valence-electron chi connectivity index (χ3n) is 4.97. The molecular formula is C16H25NO5. The average molecular weight is 311 g/mol. The van der Waals surface area contributed by atoms with Crippen LogP contribution in [0, 0.1) is 11.8 Å². The first-order valence-corrected chi connectivity index (χ1v) is 8.40. The van der Waals surface area contributed by atoms with Gasteiger partial charge >= 0.3 is 5.97 Å². The normalized spacial score (nSPS) is 32.7. The summed E-state index contributed by atoms with van der Waals surface area (Å²) < 4.78 is 11.6. The van der Waals surface area contributed by atoms with E-state index in [1.807, 2.05) is 4.90 Å². The summed E-state index contributed by atoms with van der Waals surface area (Å²) in [6.45, 7) is 2.85. The van der Waals surface area contributed by atoms with E-state index in [0.717, 1.165) is 32.3 Å². The first kappa shape index (κ1) is 15.7. The molecule has 3 rings (SSSR count). The summed E-state index contributed by atoms with van der Waals surface area (Å²) in [6.07, 6.45) is 6.05. The van der Waals surface area contributed by atoms with Gasteiger partial charge < -0.3 is 19.5 Å². The van der Waals surface area contributed by atoms with Crippen molar-refractivity contribution in [2.75, 3.05) is 26.3 Å². The van der Waals surface area contributed by atoms with Gasteiger partial charge in [0, 0.05) is 19.7 Å². The molecule has 1 saturated carbocycles. The molecule has 0 radical (unpaired) electrons. The second-order valence-electron chi connectivity index (χ2n) is 6.63. The Morgan fingerprint density at radius 2 is 1.91 bits per heavy atom. The van der Waals surface area contributed by atoms with Crippen molar-refractivity contribution in [3.63, 3.8) is 0 Å². The van der Waals surface area contributed by atoms with Gasteiger partial charge in [0.05, 0.1) is 30.7 Å². The fourth-order valence-corrected chi connectivity index (χ4v) is 3.40. The van der Waals surface area contributed by atoms with Crippen LogP contribution in [0.15, 0.2) is 0 Å². The molecular weight excluding hydrogens is 286 g/mol. The van der Waals surface area contributed by atoms with Crippen molar-refractivity contribution >= 4 is 11.9 Å². The number of carboxylic acid groups (broad SMARTS) is 1. The predicted octanol–water partition coefficient (Wildman–Crippen LogP) is 1.28. The highest BCUT2D eigenvalue weighted by molar-refractivity contribution is 5.89. The molecule has 0 bridgehead atoms. The van der Waals surface area contributed by atoms with E-state index in [1.54, 1.807) is 0 Å². The maximum absolute atomic E-state index is 12.2. The Morgan fingerprint density at radius 1 is 1.14 bits per heavy atom. The lowest BCUT2D eigenvalue weighted by atomic mass is 10.1. The van der Waals surface area contributed by atoms with Crippen molar-refractivity contribution in [2.24, 2.45) is 11.8 Å². The van der Waals surface area contributed by atoms with Crippen molar-refractivity contribution in [1.82, 2.24) is 4.90 Å². The zero-order valence-electron chi connectivity index (χ0n) is 12.9. The maximum Gasteiger partial charge on any atom is 0.307 e. The van der Waals surface area contributed by atoms with Crippen LogP contribution in [0.5, 0.6) is 0 Å². The lowest BCUT2D eigenvalue weighted by molar-refractivity contribution is -0.143. The summed E-state index contributed by atoms with van der Waals surface area (Å²) >= 11 is 0. The Hall–Kier alpha value is -1.14. The van der Waals surface area contributed by atoms with Crippen LogP contribution in [-0.4, -0.2) is 60.4 Å². The number of carbonyl (C=O) groups excluding carboxylic acids is 1. The van der Waals surface area contributed by atoms with Crippen molar-refractivity contribution in [1.29, 1.82) is 0 Å². The van der Waals surface area contributed by atoms with Crippen LogP contribution in [-0.2, 0) is 19.1 Å². The SMILES string of the molecule is O=C(O)C1CC1C(=O)N1CCC(OCC2CCCCO2)CC1. The van der Waals surface area contributed by atoms with Gasteiger partial charge in [0.25, 0.3) is 0 Å². The second kappa shape index (κ2) is 6.96.